The highest BCUT2D eigenvalue weighted by molar-refractivity contribution is 5.81. The van der Waals surface area contributed by atoms with Crippen molar-refractivity contribution in [1.29, 1.82) is 0 Å². The number of rotatable bonds is 3. The summed E-state index contributed by atoms with van der Waals surface area (Å²) in [5.74, 6) is 0.611. The lowest BCUT2D eigenvalue weighted by Gasteiger charge is -2.45. The SMILES string of the molecule is O=C(O)C1CC2CCCCC2N1CC(=O)N1CCCC2CCCCC21. The molecule has 0 bridgehead atoms. The van der Waals surface area contributed by atoms with Crippen LogP contribution in [-0.4, -0.2) is 58.0 Å². The fourth-order valence-electron chi connectivity index (χ4n) is 6.20. The monoisotopic (exact) mass is 348 g/mol. The van der Waals surface area contributed by atoms with Crippen molar-refractivity contribution >= 4 is 11.9 Å². The molecule has 0 aromatic rings. The van der Waals surface area contributed by atoms with E-state index in [1.165, 1.54) is 38.5 Å². The molecule has 4 aliphatic rings. The number of carboxylic acids is 1. The van der Waals surface area contributed by atoms with Crippen LogP contribution in [0.2, 0.25) is 0 Å². The van der Waals surface area contributed by atoms with Crippen LogP contribution in [0.15, 0.2) is 0 Å². The molecule has 2 aliphatic heterocycles. The molecule has 2 saturated carbocycles. The molecule has 5 nitrogen and oxygen atoms in total. The molecule has 5 unspecified atom stereocenters. The molecule has 0 aromatic heterocycles. The maximum atomic E-state index is 13.1. The Bertz CT molecular complexity index is 521. The van der Waals surface area contributed by atoms with Gasteiger partial charge in [-0.05, 0) is 56.8 Å². The van der Waals surface area contributed by atoms with E-state index in [1.807, 2.05) is 0 Å². The standard InChI is InChI=1S/C20H32N2O3/c23-19(21-11-5-8-14-6-1-3-9-16(14)21)13-22-17-10-4-2-7-15(17)12-18(22)20(24)25/h14-18H,1-13H2,(H,24,25). The molecule has 1 N–H and O–H groups in total. The topological polar surface area (TPSA) is 60.9 Å². The summed E-state index contributed by atoms with van der Waals surface area (Å²) in [7, 11) is 0. The summed E-state index contributed by atoms with van der Waals surface area (Å²) in [6.45, 7) is 1.20. The smallest absolute Gasteiger partial charge is 0.320 e. The number of carbonyl (C=O) groups is 2. The third-order valence-electron chi connectivity index (χ3n) is 7.39. The van der Waals surface area contributed by atoms with Crippen molar-refractivity contribution in [1.82, 2.24) is 9.80 Å². The van der Waals surface area contributed by atoms with Gasteiger partial charge in [0, 0.05) is 18.6 Å². The maximum absolute atomic E-state index is 13.1. The van der Waals surface area contributed by atoms with Gasteiger partial charge in [0.05, 0.1) is 6.54 Å². The molecular formula is C20H32N2O3. The molecule has 2 saturated heterocycles. The van der Waals surface area contributed by atoms with E-state index in [0.29, 0.717) is 30.5 Å². The molecular weight excluding hydrogens is 316 g/mol. The van der Waals surface area contributed by atoms with Crippen LogP contribution in [0.3, 0.4) is 0 Å². The van der Waals surface area contributed by atoms with Crippen LogP contribution < -0.4 is 0 Å². The van der Waals surface area contributed by atoms with Crippen molar-refractivity contribution in [3.05, 3.63) is 0 Å². The zero-order valence-corrected chi connectivity index (χ0v) is 15.2. The normalized spacial score (nSPS) is 38.9. The summed E-state index contributed by atoms with van der Waals surface area (Å²) in [5, 5.41) is 9.67. The van der Waals surface area contributed by atoms with Crippen molar-refractivity contribution in [3.63, 3.8) is 0 Å². The summed E-state index contributed by atoms with van der Waals surface area (Å²) in [6.07, 6.45) is 12.6. The zero-order valence-electron chi connectivity index (χ0n) is 15.2. The summed E-state index contributed by atoms with van der Waals surface area (Å²) in [6, 6.07) is 0.276. The Morgan fingerprint density at radius 2 is 1.48 bits per heavy atom. The average molecular weight is 348 g/mol. The molecule has 0 aromatic carbocycles. The minimum Gasteiger partial charge on any atom is -0.480 e. The quantitative estimate of drug-likeness (QED) is 0.852. The number of carbonyl (C=O) groups excluding carboxylic acids is 1. The summed E-state index contributed by atoms with van der Waals surface area (Å²) >= 11 is 0. The van der Waals surface area contributed by atoms with Gasteiger partial charge in [-0.25, -0.2) is 0 Å². The predicted molar refractivity (Wildman–Crippen MR) is 95.2 cm³/mol. The molecule has 5 heteroatoms. The van der Waals surface area contributed by atoms with Crippen LogP contribution in [0.1, 0.15) is 70.6 Å². The molecule has 4 fully saturated rings. The maximum Gasteiger partial charge on any atom is 0.320 e. The number of hydrogen-bond acceptors (Lipinski definition) is 3. The number of fused-ring (bicyclic) bond motifs is 2. The van der Waals surface area contributed by atoms with Gasteiger partial charge in [-0.1, -0.05) is 25.7 Å². The molecule has 2 heterocycles. The van der Waals surface area contributed by atoms with E-state index >= 15 is 0 Å². The Balaban J connectivity index is 1.47. The van der Waals surface area contributed by atoms with Gasteiger partial charge in [0.2, 0.25) is 5.91 Å². The van der Waals surface area contributed by atoms with Gasteiger partial charge in [-0.15, -0.1) is 0 Å². The van der Waals surface area contributed by atoms with Gasteiger partial charge in [-0.2, -0.15) is 0 Å². The van der Waals surface area contributed by atoms with Gasteiger partial charge < -0.3 is 10.0 Å². The second-order valence-electron chi connectivity index (χ2n) is 8.72. The van der Waals surface area contributed by atoms with Gasteiger partial charge >= 0.3 is 5.97 Å². The number of hydrogen-bond donors (Lipinski definition) is 1. The first-order valence-electron chi connectivity index (χ1n) is 10.4. The Labute approximate surface area is 150 Å². The molecule has 140 valence electrons. The fraction of sp³-hybridized carbons (Fsp3) is 0.900. The lowest BCUT2D eigenvalue weighted by molar-refractivity contribution is -0.146. The molecule has 0 radical (unpaired) electrons. The van der Waals surface area contributed by atoms with Crippen molar-refractivity contribution in [2.45, 2.75) is 88.8 Å². The number of amides is 1. The van der Waals surface area contributed by atoms with Gasteiger partial charge in [0.15, 0.2) is 0 Å². The Morgan fingerprint density at radius 1 is 0.840 bits per heavy atom. The second-order valence-corrected chi connectivity index (χ2v) is 8.72. The predicted octanol–water partition coefficient (Wildman–Crippen LogP) is 2.89. The largest absolute Gasteiger partial charge is 0.480 e. The van der Waals surface area contributed by atoms with Crippen LogP contribution in [-0.2, 0) is 9.59 Å². The van der Waals surface area contributed by atoms with Crippen molar-refractivity contribution < 1.29 is 14.7 Å². The first-order valence-corrected chi connectivity index (χ1v) is 10.4. The number of likely N-dealkylation sites (tertiary alicyclic amines) is 2. The van der Waals surface area contributed by atoms with E-state index in [-0.39, 0.29) is 5.91 Å². The van der Waals surface area contributed by atoms with E-state index in [9.17, 15) is 14.7 Å². The van der Waals surface area contributed by atoms with Crippen LogP contribution in [0.25, 0.3) is 0 Å². The van der Waals surface area contributed by atoms with E-state index in [2.05, 4.69) is 9.80 Å². The Hall–Kier alpha value is -1.10. The van der Waals surface area contributed by atoms with E-state index in [1.54, 1.807) is 0 Å². The number of nitrogens with zero attached hydrogens (tertiary/aromatic N) is 2. The lowest BCUT2D eigenvalue weighted by Crippen LogP contribution is -2.54. The first kappa shape index (κ1) is 17.3. The highest BCUT2D eigenvalue weighted by Crippen LogP contribution is 2.40. The minimum absolute atomic E-state index is 0.189. The average Bonchev–Trinajstić information content (AvgIpc) is 3.00. The molecule has 1 amide bonds. The molecule has 4 rings (SSSR count). The van der Waals surface area contributed by atoms with Gasteiger partial charge in [-0.3, -0.25) is 14.5 Å². The van der Waals surface area contributed by atoms with E-state index in [0.717, 1.165) is 38.6 Å². The van der Waals surface area contributed by atoms with Crippen LogP contribution in [0.4, 0.5) is 0 Å². The molecule has 0 spiro atoms. The summed E-state index contributed by atoms with van der Waals surface area (Å²) in [4.78, 5) is 29.1. The third-order valence-corrected chi connectivity index (χ3v) is 7.39. The Kier molecular flexibility index (Phi) is 5.03. The molecule has 25 heavy (non-hydrogen) atoms. The summed E-state index contributed by atoms with van der Waals surface area (Å²) < 4.78 is 0. The van der Waals surface area contributed by atoms with Gasteiger partial charge in [0.1, 0.15) is 6.04 Å². The number of aliphatic carboxylic acids is 1. The van der Waals surface area contributed by atoms with Crippen LogP contribution >= 0.6 is 0 Å². The highest BCUT2D eigenvalue weighted by atomic mass is 16.4. The molecule has 2 aliphatic carbocycles. The minimum atomic E-state index is -0.739. The number of carboxylic acid groups (broad SMARTS) is 1. The van der Waals surface area contributed by atoms with Crippen molar-refractivity contribution in [2.75, 3.05) is 13.1 Å². The molecule has 5 atom stereocenters. The van der Waals surface area contributed by atoms with Crippen molar-refractivity contribution in [3.8, 4) is 0 Å². The first-order chi connectivity index (χ1) is 12.1. The van der Waals surface area contributed by atoms with E-state index in [4.69, 9.17) is 0 Å². The second kappa shape index (κ2) is 7.26. The zero-order chi connectivity index (χ0) is 17.4. The van der Waals surface area contributed by atoms with Crippen LogP contribution in [0.5, 0.6) is 0 Å². The van der Waals surface area contributed by atoms with Crippen LogP contribution in [0, 0.1) is 11.8 Å². The van der Waals surface area contributed by atoms with E-state index < -0.39 is 12.0 Å². The highest BCUT2D eigenvalue weighted by Gasteiger charge is 2.46. The lowest BCUT2D eigenvalue weighted by atomic mass is 9.78. The Morgan fingerprint density at radius 3 is 2.24 bits per heavy atom. The summed E-state index contributed by atoms with van der Waals surface area (Å²) in [5.41, 5.74) is 0. The van der Waals surface area contributed by atoms with Crippen molar-refractivity contribution in [2.24, 2.45) is 11.8 Å². The third kappa shape index (κ3) is 3.32. The number of piperidine rings is 1. The fourth-order valence-corrected chi connectivity index (χ4v) is 6.20. The van der Waals surface area contributed by atoms with Gasteiger partial charge in [0.25, 0.3) is 0 Å².